The molecule has 0 aromatic rings. The Kier molecular flexibility index (Phi) is 3.80. The van der Waals surface area contributed by atoms with E-state index in [0.29, 0.717) is 18.8 Å². The third kappa shape index (κ3) is 2.42. The van der Waals surface area contributed by atoms with E-state index in [9.17, 15) is 20.1 Å². The number of nitrogens with one attached hydrogen (secondary N) is 1. The summed E-state index contributed by atoms with van der Waals surface area (Å²) in [5, 5.41) is 20.9. The van der Waals surface area contributed by atoms with Gasteiger partial charge < -0.3 is 0 Å². The molecule has 5 nitrogen and oxygen atoms in total. The molecule has 21 heavy (non-hydrogen) atoms. The fourth-order valence-corrected chi connectivity index (χ4v) is 3.93. The van der Waals surface area contributed by atoms with Gasteiger partial charge in [-0.15, -0.1) is 0 Å². The van der Waals surface area contributed by atoms with Crippen LogP contribution < -0.4 is 5.32 Å². The molecule has 0 radical (unpaired) electrons. The number of nitriles is 2. The Bertz CT molecular complexity index is 505. The topological polar surface area (TPSA) is 93.8 Å². The molecule has 1 aliphatic carbocycles. The molecule has 0 aromatic heterocycles. The first-order valence-corrected chi connectivity index (χ1v) is 7.40. The van der Waals surface area contributed by atoms with E-state index >= 15 is 0 Å². The predicted octanol–water partition coefficient (Wildman–Crippen LogP) is 2.15. The molecule has 5 heteroatoms. The molecule has 1 N–H and O–H groups in total. The zero-order valence-corrected chi connectivity index (χ0v) is 12.8. The van der Waals surface area contributed by atoms with Gasteiger partial charge in [0, 0.05) is 5.41 Å². The third-order valence-electron chi connectivity index (χ3n) is 5.32. The van der Waals surface area contributed by atoms with Crippen molar-refractivity contribution in [2.75, 3.05) is 0 Å². The fourth-order valence-electron chi connectivity index (χ4n) is 3.93. The van der Waals surface area contributed by atoms with Gasteiger partial charge in [-0.05, 0) is 37.0 Å². The average Bonchev–Trinajstić information content (AvgIpc) is 2.38. The SMILES string of the molecule is CC(C)(C)C1CCC2(CC1)[C@H](C#N)C(=O)NC(=O)[C@H]2C#N. The number of hydrogen-bond acceptors (Lipinski definition) is 4. The van der Waals surface area contributed by atoms with Crippen LogP contribution in [0.4, 0.5) is 0 Å². The van der Waals surface area contributed by atoms with Gasteiger partial charge in [0.15, 0.2) is 0 Å². The Morgan fingerprint density at radius 1 is 1.05 bits per heavy atom. The first-order valence-electron chi connectivity index (χ1n) is 7.40. The minimum absolute atomic E-state index is 0.160. The lowest BCUT2D eigenvalue weighted by Gasteiger charge is -2.48. The summed E-state index contributed by atoms with van der Waals surface area (Å²) < 4.78 is 0. The molecular weight excluding hydrogens is 266 g/mol. The van der Waals surface area contributed by atoms with Crippen molar-refractivity contribution < 1.29 is 9.59 Å². The molecule has 1 heterocycles. The van der Waals surface area contributed by atoms with Gasteiger partial charge in [-0.25, -0.2) is 0 Å². The molecule has 1 saturated heterocycles. The number of carbonyl (C=O) groups excluding carboxylic acids is 2. The Balaban J connectivity index is 2.34. The summed E-state index contributed by atoms with van der Waals surface area (Å²) in [5.41, 5.74) is -0.641. The van der Waals surface area contributed by atoms with Crippen molar-refractivity contribution in [1.82, 2.24) is 5.32 Å². The maximum absolute atomic E-state index is 12.0. The van der Waals surface area contributed by atoms with Crippen LogP contribution in [0.1, 0.15) is 46.5 Å². The van der Waals surface area contributed by atoms with Crippen molar-refractivity contribution in [3.05, 3.63) is 0 Å². The van der Waals surface area contributed by atoms with Crippen LogP contribution in [0, 0.1) is 51.2 Å². The Morgan fingerprint density at radius 2 is 1.48 bits per heavy atom. The van der Waals surface area contributed by atoms with Crippen molar-refractivity contribution in [2.24, 2.45) is 28.6 Å². The molecule has 0 aromatic carbocycles. The Morgan fingerprint density at radius 3 is 1.81 bits per heavy atom. The highest BCUT2D eigenvalue weighted by Gasteiger charge is 2.57. The van der Waals surface area contributed by atoms with Gasteiger partial charge in [-0.3, -0.25) is 14.9 Å². The van der Waals surface area contributed by atoms with Gasteiger partial charge in [-0.1, -0.05) is 20.8 Å². The number of carbonyl (C=O) groups is 2. The maximum Gasteiger partial charge on any atom is 0.244 e. The molecule has 2 amide bonds. The zero-order valence-electron chi connectivity index (χ0n) is 12.8. The van der Waals surface area contributed by atoms with E-state index in [1.165, 1.54) is 0 Å². The number of hydrogen-bond donors (Lipinski definition) is 1. The van der Waals surface area contributed by atoms with Gasteiger partial charge >= 0.3 is 0 Å². The molecule has 2 atom stereocenters. The number of nitrogens with zero attached hydrogens (tertiary/aromatic N) is 2. The highest BCUT2D eigenvalue weighted by atomic mass is 16.2. The van der Waals surface area contributed by atoms with E-state index in [1.54, 1.807) is 0 Å². The highest BCUT2D eigenvalue weighted by molar-refractivity contribution is 6.03. The molecule has 2 rings (SSSR count). The lowest BCUT2D eigenvalue weighted by molar-refractivity contribution is -0.147. The quantitative estimate of drug-likeness (QED) is 0.691. The summed E-state index contributed by atoms with van der Waals surface area (Å²) in [4.78, 5) is 24.0. The molecule has 0 bridgehead atoms. The highest BCUT2D eigenvalue weighted by Crippen LogP contribution is 2.54. The average molecular weight is 287 g/mol. The van der Waals surface area contributed by atoms with E-state index in [4.69, 9.17) is 0 Å². The summed E-state index contributed by atoms with van der Waals surface area (Å²) in [5.74, 6) is -2.39. The van der Waals surface area contributed by atoms with Crippen LogP contribution in [0.5, 0.6) is 0 Å². The summed E-state index contributed by atoms with van der Waals surface area (Å²) in [6.07, 6.45) is 2.87. The normalized spacial score (nSPS) is 29.6. The van der Waals surface area contributed by atoms with Crippen molar-refractivity contribution in [3.8, 4) is 12.1 Å². The fraction of sp³-hybridized carbons (Fsp3) is 0.750. The van der Waals surface area contributed by atoms with Crippen LogP contribution in [0.15, 0.2) is 0 Å². The van der Waals surface area contributed by atoms with Crippen LogP contribution in [0.2, 0.25) is 0 Å². The van der Waals surface area contributed by atoms with Crippen molar-refractivity contribution in [1.29, 1.82) is 10.5 Å². The summed E-state index contributed by atoms with van der Waals surface area (Å²) in [7, 11) is 0. The first kappa shape index (κ1) is 15.5. The van der Waals surface area contributed by atoms with Gasteiger partial charge in [0.05, 0.1) is 12.1 Å². The van der Waals surface area contributed by atoms with Crippen LogP contribution in [0.3, 0.4) is 0 Å². The molecule has 0 unspecified atom stereocenters. The number of piperidine rings is 1. The van der Waals surface area contributed by atoms with Crippen molar-refractivity contribution in [3.63, 3.8) is 0 Å². The molecule has 1 aliphatic heterocycles. The summed E-state index contributed by atoms with van der Waals surface area (Å²) in [6, 6.07) is 4.07. The van der Waals surface area contributed by atoms with Crippen LogP contribution in [-0.4, -0.2) is 11.8 Å². The molecule has 1 spiro atoms. The number of rotatable bonds is 0. The second kappa shape index (κ2) is 5.15. The van der Waals surface area contributed by atoms with Crippen molar-refractivity contribution >= 4 is 11.8 Å². The largest absolute Gasteiger partial charge is 0.294 e. The predicted molar refractivity (Wildman–Crippen MR) is 75.2 cm³/mol. The number of amides is 2. The van der Waals surface area contributed by atoms with E-state index < -0.39 is 29.1 Å². The Hall–Kier alpha value is -1.88. The van der Waals surface area contributed by atoms with Gasteiger partial charge in [-0.2, -0.15) is 10.5 Å². The monoisotopic (exact) mass is 287 g/mol. The standard InChI is InChI=1S/C16H21N3O2/c1-15(2,3)10-4-6-16(7-5-10)11(8-17)13(20)19-14(21)12(16)9-18/h10-12H,4-7H2,1-3H3,(H,19,20,21)/t11-,12-/m1/s1. The van der Waals surface area contributed by atoms with Gasteiger partial charge in [0.1, 0.15) is 11.8 Å². The molecular formula is C16H21N3O2. The van der Waals surface area contributed by atoms with Gasteiger partial charge in [0.25, 0.3) is 0 Å². The summed E-state index contributed by atoms with van der Waals surface area (Å²) >= 11 is 0. The second-order valence-electron chi connectivity index (χ2n) is 7.35. The van der Waals surface area contributed by atoms with E-state index in [2.05, 4.69) is 26.1 Å². The van der Waals surface area contributed by atoms with E-state index in [-0.39, 0.29) is 5.41 Å². The molecule has 112 valence electrons. The minimum Gasteiger partial charge on any atom is -0.294 e. The van der Waals surface area contributed by atoms with Crippen molar-refractivity contribution in [2.45, 2.75) is 46.5 Å². The molecule has 1 saturated carbocycles. The van der Waals surface area contributed by atoms with E-state index in [1.807, 2.05) is 12.1 Å². The molecule has 2 fully saturated rings. The lowest BCUT2D eigenvalue weighted by Crippen LogP contribution is -2.58. The minimum atomic E-state index is -0.902. The maximum atomic E-state index is 12.0. The lowest BCUT2D eigenvalue weighted by atomic mass is 9.54. The number of imide groups is 1. The zero-order chi connectivity index (χ0) is 15.8. The van der Waals surface area contributed by atoms with Crippen LogP contribution >= 0.6 is 0 Å². The van der Waals surface area contributed by atoms with Crippen LogP contribution in [-0.2, 0) is 9.59 Å². The first-order chi connectivity index (χ1) is 9.76. The smallest absolute Gasteiger partial charge is 0.244 e. The molecule has 2 aliphatic rings. The second-order valence-corrected chi connectivity index (χ2v) is 7.35. The summed E-state index contributed by atoms with van der Waals surface area (Å²) in [6.45, 7) is 6.54. The van der Waals surface area contributed by atoms with E-state index in [0.717, 1.165) is 12.8 Å². The third-order valence-corrected chi connectivity index (χ3v) is 5.32. The van der Waals surface area contributed by atoms with Gasteiger partial charge in [0.2, 0.25) is 11.8 Å². The Labute approximate surface area is 125 Å². The van der Waals surface area contributed by atoms with Crippen LogP contribution in [0.25, 0.3) is 0 Å².